The van der Waals surface area contributed by atoms with Crippen LogP contribution in [0.25, 0.3) is 6.08 Å². The maximum Gasteiger partial charge on any atom is 0.346 e. The van der Waals surface area contributed by atoms with Crippen molar-refractivity contribution in [2.45, 2.75) is 0 Å². The van der Waals surface area contributed by atoms with E-state index >= 15 is 0 Å². The van der Waals surface area contributed by atoms with Crippen LogP contribution in [0.3, 0.4) is 0 Å². The molecule has 1 heterocycles. The number of aromatic amines is 1. The fraction of sp³-hybridized carbons (Fsp3) is 0. The summed E-state index contributed by atoms with van der Waals surface area (Å²) in [4.78, 5) is 29.4. The molecule has 0 aliphatic carbocycles. The fourth-order valence-electron chi connectivity index (χ4n) is 1.48. The molecule has 0 radical (unpaired) electrons. The molecule has 6 heteroatoms. The number of rotatable bonds is 3. The van der Waals surface area contributed by atoms with Crippen molar-refractivity contribution in [1.29, 1.82) is 0 Å². The van der Waals surface area contributed by atoms with Gasteiger partial charge in [-0.15, -0.1) is 0 Å². The zero-order valence-electron chi connectivity index (χ0n) is 9.76. The number of benzene rings is 1. The Bertz CT molecular complexity index is 665. The summed E-state index contributed by atoms with van der Waals surface area (Å²) in [6, 6.07) is 8.77. The third kappa shape index (κ3) is 3.50. The molecular weight excluding hydrogens is 357 g/mol. The molecule has 2 N–H and O–H groups in total. The lowest BCUT2D eigenvalue weighted by Gasteiger charge is -2.07. The summed E-state index contributed by atoms with van der Waals surface area (Å²) in [5.41, 5.74) is 0.650. The van der Waals surface area contributed by atoms with Crippen molar-refractivity contribution in [3.63, 3.8) is 0 Å². The van der Waals surface area contributed by atoms with Crippen LogP contribution in [0.5, 0.6) is 0 Å². The summed E-state index contributed by atoms with van der Waals surface area (Å²) in [5.74, 6) is 0.0485. The summed E-state index contributed by atoms with van der Waals surface area (Å²) < 4.78 is 1.77. The van der Waals surface area contributed by atoms with Crippen LogP contribution in [-0.2, 0) is 0 Å². The first-order valence-electron chi connectivity index (χ1n) is 5.43. The Balaban J connectivity index is 2.30. The molecule has 1 aromatic carbocycles. The average molecular weight is 367 g/mol. The number of carbonyl (C=O) groups excluding carboxylic acids is 1. The number of nitrogens with one attached hydrogen (secondary N) is 2. The molecule has 5 nitrogen and oxygen atoms in total. The second kappa shape index (κ2) is 6.28. The highest BCUT2D eigenvalue weighted by Crippen LogP contribution is 2.13. The number of nitrogens with zero attached hydrogens (tertiary/aromatic N) is 1. The largest absolute Gasteiger partial charge is 0.346 e. The zero-order chi connectivity index (χ0) is 13.7. The van der Waals surface area contributed by atoms with Gasteiger partial charge in [-0.25, -0.2) is 9.78 Å². The standard InChI is InChI=1S/C13H10IN3O2/c14-7-6-10-8-15-13(19)17-11(10)16-12(18)9-4-2-1-3-5-9/h1-8H,(H2,15,16,17,18,19). The number of amides is 1. The molecule has 0 aliphatic heterocycles. The topological polar surface area (TPSA) is 74.8 Å². The Morgan fingerprint density at radius 1 is 1.32 bits per heavy atom. The van der Waals surface area contributed by atoms with Crippen molar-refractivity contribution >= 4 is 40.4 Å². The van der Waals surface area contributed by atoms with Gasteiger partial charge < -0.3 is 5.32 Å². The molecule has 0 saturated heterocycles. The first-order valence-corrected chi connectivity index (χ1v) is 6.68. The van der Waals surface area contributed by atoms with E-state index in [9.17, 15) is 9.59 Å². The second-order valence-corrected chi connectivity index (χ2v) is 4.35. The van der Waals surface area contributed by atoms with Crippen LogP contribution in [0, 0.1) is 0 Å². The Labute approximate surface area is 122 Å². The van der Waals surface area contributed by atoms with Gasteiger partial charge in [0.1, 0.15) is 5.82 Å². The number of anilines is 1. The van der Waals surface area contributed by atoms with Crippen molar-refractivity contribution in [1.82, 2.24) is 9.97 Å². The molecule has 0 atom stereocenters. The number of hydrogen-bond acceptors (Lipinski definition) is 3. The minimum Gasteiger partial charge on any atom is -0.307 e. The highest BCUT2D eigenvalue weighted by atomic mass is 127. The van der Waals surface area contributed by atoms with Gasteiger partial charge in [0.25, 0.3) is 5.91 Å². The maximum absolute atomic E-state index is 12.0. The van der Waals surface area contributed by atoms with Gasteiger partial charge in [0, 0.05) is 17.3 Å². The van der Waals surface area contributed by atoms with Crippen molar-refractivity contribution in [3.8, 4) is 0 Å². The minimum atomic E-state index is -0.506. The van der Waals surface area contributed by atoms with E-state index in [4.69, 9.17) is 0 Å². The van der Waals surface area contributed by atoms with E-state index in [-0.39, 0.29) is 5.91 Å². The summed E-state index contributed by atoms with van der Waals surface area (Å²) in [5, 5.41) is 2.66. The molecule has 0 aliphatic rings. The Hall–Kier alpha value is -1.96. The number of aromatic nitrogens is 2. The predicted octanol–water partition coefficient (Wildman–Crippen LogP) is 2.43. The Morgan fingerprint density at radius 2 is 2.05 bits per heavy atom. The molecule has 0 spiro atoms. The molecule has 1 amide bonds. The van der Waals surface area contributed by atoms with Crippen LogP contribution < -0.4 is 11.0 Å². The normalized spacial score (nSPS) is 10.6. The molecule has 2 aromatic rings. The predicted molar refractivity (Wildman–Crippen MR) is 82.3 cm³/mol. The number of hydrogen-bond donors (Lipinski definition) is 2. The average Bonchev–Trinajstić information content (AvgIpc) is 2.43. The zero-order valence-corrected chi connectivity index (χ0v) is 11.9. The number of H-pyrrole nitrogens is 1. The van der Waals surface area contributed by atoms with Gasteiger partial charge in [0.2, 0.25) is 0 Å². The lowest BCUT2D eigenvalue weighted by atomic mass is 10.2. The van der Waals surface area contributed by atoms with E-state index in [1.807, 2.05) is 28.7 Å². The van der Waals surface area contributed by atoms with Crippen LogP contribution in [0.1, 0.15) is 15.9 Å². The monoisotopic (exact) mass is 367 g/mol. The van der Waals surface area contributed by atoms with Crippen LogP contribution >= 0.6 is 22.6 Å². The van der Waals surface area contributed by atoms with Gasteiger partial charge in [0.15, 0.2) is 0 Å². The van der Waals surface area contributed by atoms with Crippen molar-refractivity contribution < 1.29 is 4.79 Å². The van der Waals surface area contributed by atoms with E-state index in [0.717, 1.165) is 0 Å². The smallest absolute Gasteiger partial charge is 0.307 e. The summed E-state index contributed by atoms with van der Waals surface area (Å²) in [6.07, 6.45) is 3.15. The first kappa shape index (κ1) is 13.5. The lowest BCUT2D eigenvalue weighted by molar-refractivity contribution is 0.102. The van der Waals surface area contributed by atoms with E-state index < -0.39 is 5.69 Å². The van der Waals surface area contributed by atoms with Gasteiger partial charge in [-0.1, -0.05) is 40.8 Å². The van der Waals surface area contributed by atoms with E-state index in [0.29, 0.717) is 16.9 Å². The van der Waals surface area contributed by atoms with Gasteiger partial charge >= 0.3 is 5.69 Å². The second-order valence-electron chi connectivity index (χ2n) is 3.63. The van der Waals surface area contributed by atoms with Gasteiger partial charge in [0.05, 0.1) is 0 Å². The highest BCUT2D eigenvalue weighted by molar-refractivity contribution is 14.1. The highest BCUT2D eigenvalue weighted by Gasteiger charge is 2.08. The van der Waals surface area contributed by atoms with Crippen LogP contribution in [-0.4, -0.2) is 15.9 Å². The van der Waals surface area contributed by atoms with Gasteiger partial charge in [-0.05, 0) is 22.3 Å². The fourth-order valence-corrected chi connectivity index (χ4v) is 1.86. The molecule has 1 aromatic heterocycles. The minimum absolute atomic E-state index is 0.287. The SMILES string of the molecule is O=C(Nc1[nH]c(=O)ncc1C=CI)c1ccccc1. The molecule has 0 fully saturated rings. The van der Waals surface area contributed by atoms with E-state index in [1.165, 1.54) is 6.20 Å². The summed E-state index contributed by atoms with van der Waals surface area (Å²) in [6.45, 7) is 0. The molecule has 0 saturated carbocycles. The van der Waals surface area contributed by atoms with Crippen LogP contribution in [0.2, 0.25) is 0 Å². The third-order valence-electron chi connectivity index (χ3n) is 2.36. The quantitative estimate of drug-likeness (QED) is 0.819. The summed E-state index contributed by atoms with van der Waals surface area (Å²) >= 11 is 2.05. The Kier molecular flexibility index (Phi) is 4.45. The number of halogens is 1. The van der Waals surface area contributed by atoms with Crippen LogP contribution in [0.4, 0.5) is 5.82 Å². The van der Waals surface area contributed by atoms with Crippen molar-refractivity contribution in [2.75, 3.05) is 5.32 Å². The van der Waals surface area contributed by atoms with Crippen molar-refractivity contribution in [3.05, 3.63) is 62.2 Å². The van der Waals surface area contributed by atoms with Crippen molar-refractivity contribution in [2.24, 2.45) is 0 Å². The van der Waals surface area contributed by atoms with E-state index in [2.05, 4.69) is 15.3 Å². The number of carbonyl (C=O) groups is 1. The van der Waals surface area contributed by atoms with Gasteiger partial charge in [-0.3, -0.25) is 9.78 Å². The Morgan fingerprint density at radius 3 is 2.74 bits per heavy atom. The maximum atomic E-state index is 12.0. The van der Waals surface area contributed by atoms with Crippen LogP contribution in [0.15, 0.2) is 45.4 Å². The van der Waals surface area contributed by atoms with Gasteiger partial charge in [-0.2, -0.15) is 0 Å². The molecular formula is C13H10IN3O2. The molecule has 19 heavy (non-hydrogen) atoms. The molecule has 2 rings (SSSR count). The molecule has 0 unspecified atom stereocenters. The molecule has 96 valence electrons. The van der Waals surface area contributed by atoms with E-state index in [1.54, 1.807) is 34.4 Å². The summed E-state index contributed by atoms with van der Waals surface area (Å²) in [7, 11) is 0. The molecule has 0 bridgehead atoms. The first-order chi connectivity index (χ1) is 9.20. The lowest BCUT2D eigenvalue weighted by Crippen LogP contribution is -2.19. The third-order valence-corrected chi connectivity index (χ3v) is 2.72.